The molecular weight excluding hydrogens is 363 g/mol. The van der Waals surface area contributed by atoms with Gasteiger partial charge in [0.2, 0.25) is 0 Å². The average molecular weight is 399 g/mol. The fourth-order valence-electron chi connectivity index (χ4n) is 3.16. The van der Waals surface area contributed by atoms with Gasteiger partial charge in [0.1, 0.15) is 7.36 Å². The lowest BCUT2D eigenvalue weighted by atomic mass is 10.2. The molecule has 0 saturated carbocycles. The van der Waals surface area contributed by atoms with E-state index in [1.807, 2.05) is 13.0 Å². The number of aliphatic hydroxyl groups excluding tert-OH is 1. The van der Waals surface area contributed by atoms with Crippen molar-refractivity contribution in [3.05, 3.63) is 30.3 Å². The summed E-state index contributed by atoms with van der Waals surface area (Å²) >= 11 is 5.63. The Balaban J connectivity index is 3.61. The van der Waals surface area contributed by atoms with Crippen molar-refractivity contribution in [2.24, 2.45) is 4.74 Å². The van der Waals surface area contributed by atoms with Crippen molar-refractivity contribution in [1.82, 2.24) is 14.7 Å². The minimum absolute atomic E-state index is 0.0550. The van der Waals surface area contributed by atoms with Gasteiger partial charge in [-0.05, 0) is 18.6 Å². The average Bonchev–Trinajstić information content (AvgIpc) is 2.68. The van der Waals surface area contributed by atoms with Crippen LogP contribution in [0.4, 0.5) is 0 Å². The molecule has 0 aliphatic carbocycles. The normalized spacial score (nSPS) is 13.1. The van der Waals surface area contributed by atoms with Crippen LogP contribution in [0.5, 0.6) is 0 Å². The molecule has 1 atom stereocenters. The largest absolute Gasteiger partial charge is 0.394 e. The third-order valence-corrected chi connectivity index (χ3v) is 9.15. The zero-order valence-electron chi connectivity index (χ0n) is 16.9. The number of benzene rings is 1. The molecule has 1 rings (SSSR count). The SMILES string of the molecule is CC[C@H](CO)NC(=S)N=P(c1ccccc1)(N(CC)CC)N(CC)CC. The third-order valence-electron chi connectivity index (χ3n) is 4.62. The van der Waals surface area contributed by atoms with Gasteiger partial charge >= 0.3 is 0 Å². The Morgan fingerprint density at radius 1 is 1.04 bits per heavy atom. The van der Waals surface area contributed by atoms with Crippen molar-refractivity contribution < 1.29 is 5.11 Å². The van der Waals surface area contributed by atoms with Crippen molar-refractivity contribution in [2.75, 3.05) is 32.8 Å². The summed E-state index contributed by atoms with van der Waals surface area (Å²) in [6.07, 6.45) is 0.805. The first-order valence-corrected chi connectivity index (χ1v) is 11.7. The molecule has 0 unspecified atom stereocenters. The Morgan fingerprint density at radius 3 is 1.92 bits per heavy atom. The van der Waals surface area contributed by atoms with Gasteiger partial charge in [0, 0.05) is 31.5 Å². The Hall–Kier alpha value is -0.780. The summed E-state index contributed by atoms with van der Waals surface area (Å²) < 4.78 is 10.1. The molecule has 0 saturated heterocycles. The number of aliphatic hydroxyl groups is 1. The van der Waals surface area contributed by atoms with E-state index in [1.54, 1.807) is 0 Å². The predicted octanol–water partition coefficient (Wildman–Crippen LogP) is 3.67. The maximum absolute atomic E-state index is 9.52. The maximum Gasteiger partial charge on any atom is 0.194 e. The van der Waals surface area contributed by atoms with Gasteiger partial charge in [-0.25, -0.2) is 4.74 Å². The molecule has 26 heavy (non-hydrogen) atoms. The first-order chi connectivity index (χ1) is 12.5. The molecule has 0 aliphatic heterocycles. The van der Waals surface area contributed by atoms with Gasteiger partial charge in [-0.2, -0.15) is 0 Å². The number of hydrogen-bond acceptors (Lipinski definition) is 2. The summed E-state index contributed by atoms with van der Waals surface area (Å²) in [4.78, 5) is 0. The molecule has 1 aromatic carbocycles. The van der Waals surface area contributed by atoms with Crippen molar-refractivity contribution in [3.8, 4) is 0 Å². The van der Waals surface area contributed by atoms with Crippen molar-refractivity contribution in [3.63, 3.8) is 0 Å². The van der Waals surface area contributed by atoms with Gasteiger partial charge in [-0.1, -0.05) is 65.0 Å². The lowest BCUT2D eigenvalue weighted by molar-refractivity contribution is 0.253. The smallest absolute Gasteiger partial charge is 0.194 e. The fourth-order valence-corrected chi connectivity index (χ4v) is 7.51. The van der Waals surface area contributed by atoms with Crippen LogP contribution in [0, 0.1) is 0 Å². The van der Waals surface area contributed by atoms with Gasteiger partial charge in [-0.3, -0.25) is 9.34 Å². The molecule has 2 N–H and O–H groups in total. The second-order valence-electron chi connectivity index (χ2n) is 6.02. The van der Waals surface area contributed by atoms with E-state index in [9.17, 15) is 5.11 Å². The molecule has 0 aromatic heterocycles. The van der Waals surface area contributed by atoms with Gasteiger partial charge in [0.15, 0.2) is 5.11 Å². The van der Waals surface area contributed by atoms with Gasteiger partial charge in [0.05, 0.1) is 12.6 Å². The molecule has 0 bridgehead atoms. The quantitative estimate of drug-likeness (QED) is 0.465. The third kappa shape index (κ3) is 5.37. The minimum atomic E-state index is -2.20. The highest BCUT2D eigenvalue weighted by Crippen LogP contribution is 2.55. The Morgan fingerprint density at radius 2 is 1.54 bits per heavy atom. The van der Waals surface area contributed by atoms with Crippen LogP contribution < -0.4 is 10.6 Å². The monoisotopic (exact) mass is 398 g/mol. The second-order valence-corrected chi connectivity index (χ2v) is 9.39. The number of thiocarbonyl (C=S) groups is 1. The standard InChI is InChI=1S/C19H35N4OPS/c1-6-17(16-24)20-19(26)21-25(22(7-2)8-3,23(9-4)10-5)18-14-12-11-13-15-18/h11-15,17,24H,6-10,16H2,1-5H3,(H,20,26)/t17-/m1/s1. The molecule has 0 fully saturated rings. The van der Waals surface area contributed by atoms with E-state index >= 15 is 0 Å². The van der Waals surface area contributed by atoms with Crippen LogP contribution in [0.1, 0.15) is 41.0 Å². The van der Waals surface area contributed by atoms with Gasteiger partial charge in [-0.15, -0.1) is 0 Å². The summed E-state index contributed by atoms with van der Waals surface area (Å²) in [5, 5.41) is 14.5. The van der Waals surface area contributed by atoms with Crippen LogP contribution in [0.25, 0.3) is 0 Å². The summed E-state index contributed by atoms with van der Waals surface area (Å²) in [5.41, 5.74) is 0. The summed E-state index contributed by atoms with van der Waals surface area (Å²) in [7, 11) is -2.20. The van der Waals surface area contributed by atoms with Gasteiger partial charge < -0.3 is 10.4 Å². The number of hydrogen-bond donors (Lipinski definition) is 2. The lowest BCUT2D eigenvalue weighted by Gasteiger charge is -2.43. The van der Waals surface area contributed by atoms with Crippen LogP contribution in [0.2, 0.25) is 0 Å². The van der Waals surface area contributed by atoms with Crippen LogP contribution in [-0.4, -0.2) is 58.4 Å². The maximum atomic E-state index is 9.52. The molecule has 1 aromatic rings. The second kappa shape index (κ2) is 11.8. The predicted molar refractivity (Wildman–Crippen MR) is 118 cm³/mol. The molecule has 0 amide bonds. The molecule has 0 aliphatic rings. The summed E-state index contributed by atoms with van der Waals surface area (Å²) in [6, 6.07) is 10.5. The summed E-state index contributed by atoms with van der Waals surface area (Å²) in [5.74, 6) is 0. The van der Waals surface area contributed by atoms with E-state index in [-0.39, 0.29) is 12.6 Å². The zero-order chi connectivity index (χ0) is 19.6. The van der Waals surface area contributed by atoms with E-state index in [4.69, 9.17) is 17.0 Å². The molecule has 148 valence electrons. The molecule has 0 radical (unpaired) electrons. The molecule has 0 heterocycles. The highest BCUT2D eigenvalue weighted by Gasteiger charge is 2.34. The molecule has 0 spiro atoms. The Labute approximate surface area is 165 Å². The van der Waals surface area contributed by atoms with E-state index < -0.39 is 7.36 Å². The van der Waals surface area contributed by atoms with Gasteiger partial charge in [0.25, 0.3) is 0 Å². The van der Waals surface area contributed by atoms with Crippen LogP contribution in [0.15, 0.2) is 35.1 Å². The number of rotatable bonds is 10. The summed E-state index contributed by atoms with van der Waals surface area (Å²) in [6.45, 7) is 14.4. The van der Waals surface area contributed by atoms with Crippen LogP contribution in [-0.2, 0) is 0 Å². The van der Waals surface area contributed by atoms with E-state index in [0.29, 0.717) is 5.11 Å². The molecular formula is C19H35N4OPS. The lowest BCUT2D eigenvalue weighted by Crippen LogP contribution is -2.40. The van der Waals surface area contributed by atoms with E-state index in [1.165, 1.54) is 5.30 Å². The topological polar surface area (TPSA) is 51.1 Å². The van der Waals surface area contributed by atoms with Crippen molar-refractivity contribution >= 4 is 30.0 Å². The minimum Gasteiger partial charge on any atom is -0.394 e. The Kier molecular flexibility index (Phi) is 10.6. The van der Waals surface area contributed by atoms with Crippen molar-refractivity contribution in [1.29, 1.82) is 0 Å². The van der Waals surface area contributed by atoms with E-state index in [0.717, 1.165) is 32.6 Å². The highest BCUT2D eigenvalue weighted by atomic mass is 32.1. The van der Waals surface area contributed by atoms with Crippen LogP contribution >= 0.6 is 19.6 Å². The van der Waals surface area contributed by atoms with E-state index in [2.05, 4.69) is 66.6 Å². The first kappa shape index (κ1) is 23.3. The van der Waals surface area contributed by atoms with Crippen LogP contribution in [0.3, 0.4) is 0 Å². The number of nitrogens with zero attached hydrogens (tertiary/aromatic N) is 3. The highest BCUT2D eigenvalue weighted by molar-refractivity contribution is 7.81. The van der Waals surface area contributed by atoms with Crippen molar-refractivity contribution in [2.45, 2.75) is 47.1 Å². The number of nitrogens with one attached hydrogen (secondary N) is 1. The fraction of sp³-hybridized carbons (Fsp3) is 0.632. The Bertz CT molecular complexity index is 568. The first-order valence-electron chi connectivity index (χ1n) is 9.63. The molecule has 5 nitrogen and oxygen atoms in total. The molecule has 7 heteroatoms. The zero-order valence-corrected chi connectivity index (χ0v) is 18.6.